The summed E-state index contributed by atoms with van der Waals surface area (Å²) in [5.74, 6) is 1.98. The van der Waals surface area contributed by atoms with Crippen molar-refractivity contribution in [3.63, 3.8) is 0 Å². The fraction of sp³-hybridized carbons (Fsp3) is 0.143. The summed E-state index contributed by atoms with van der Waals surface area (Å²) in [5.41, 5.74) is 20.7. The Balaban J connectivity index is 0.892. The first-order valence-corrected chi connectivity index (χ1v) is 26.5. The van der Waals surface area contributed by atoms with E-state index in [9.17, 15) is 0 Å². The molecule has 3 aliphatic heterocycles. The highest BCUT2D eigenvalue weighted by Gasteiger charge is 2.51. The smallest absolute Gasteiger partial charge is 0.148 e. The third kappa shape index (κ3) is 7.02. The number of hydrogen-bond acceptors (Lipinski definition) is 5. The molecule has 7 aliphatic rings. The Kier molecular flexibility index (Phi) is 10.2. The maximum Gasteiger partial charge on any atom is 0.148 e. The molecule has 15 rings (SSSR count). The first-order valence-electron chi connectivity index (χ1n) is 26.5. The van der Waals surface area contributed by atoms with E-state index in [0.29, 0.717) is 0 Å². The van der Waals surface area contributed by atoms with Crippen molar-refractivity contribution in [1.82, 2.24) is 0 Å². The van der Waals surface area contributed by atoms with Crippen molar-refractivity contribution < 1.29 is 14.2 Å². The van der Waals surface area contributed by atoms with Gasteiger partial charge in [-0.05, 0) is 83.6 Å². The van der Waals surface area contributed by atoms with Crippen LogP contribution < -0.4 is 19.3 Å². The van der Waals surface area contributed by atoms with Gasteiger partial charge >= 0.3 is 0 Å². The first-order chi connectivity index (χ1) is 37.0. The number of nitrogens with zero attached hydrogens (tertiary/aromatic N) is 2. The molecule has 8 unspecified atom stereocenters. The third-order valence-corrected chi connectivity index (χ3v) is 16.6. The van der Waals surface area contributed by atoms with Gasteiger partial charge in [-0.1, -0.05) is 206 Å². The highest BCUT2D eigenvalue weighted by Crippen LogP contribution is 2.62. The van der Waals surface area contributed by atoms with Crippen molar-refractivity contribution in [2.24, 2.45) is 11.8 Å². The SMILES string of the molecule is Cc1cccc(N(C2=CC3C(OC4c5ccccc5C(N(c5cccc(C)c5)c5cccc6c5OC5C(c7ccccc7)=CC=CC65)=CC43)c3ccccc32)c2cccc3c2OC2C(c4ccccc4)=CC=CC32)c1. The lowest BCUT2D eigenvalue weighted by Gasteiger charge is -2.37. The number of rotatable bonds is 8. The summed E-state index contributed by atoms with van der Waals surface area (Å²) in [4.78, 5) is 4.94. The van der Waals surface area contributed by atoms with E-state index >= 15 is 0 Å². The van der Waals surface area contributed by atoms with E-state index in [1.54, 1.807) is 0 Å². The minimum Gasteiger partial charge on any atom is -0.482 e. The van der Waals surface area contributed by atoms with Crippen molar-refractivity contribution in [2.75, 3.05) is 9.80 Å². The van der Waals surface area contributed by atoms with Crippen molar-refractivity contribution in [3.8, 4) is 11.5 Å². The lowest BCUT2D eigenvalue weighted by atomic mass is 9.74. The molecule has 0 radical (unpaired) electrons. The van der Waals surface area contributed by atoms with Crippen LogP contribution in [-0.4, -0.2) is 12.2 Å². The number of allylic oxidation sites excluding steroid dienone is 4. The molecule has 8 atom stereocenters. The summed E-state index contributed by atoms with van der Waals surface area (Å²) in [6.45, 7) is 4.36. The van der Waals surface area contributed by atoms with Gasteiger partial charge in [0.15, 0.2) is 0 Å². The summed E-state index contributed by atoms with van der Waals surface area (Å²) < 4.78 is 22.1. The van der Waals surface area contributed by atoms with Crippen LogP contribution in [0.5, 0.6) is 11.5 Å². The van der Waals surface area contributed by atoms with Crippen LogP contribution in [0.3, 0.4) is 0 Å². The van der Waals surface area contributed by atoms with Crippen LogP contribution in [0.1, 0.15) is 79.7 Å². The molecule has 4 aliphatic carbocycles. The standard InChI is InChI=1S/C70H54N2O3/c1-43-19-13-25-47(39-43)71(61-37-17-35-57-55-33-15-31-49(65(55)74-69(57)61)45-21-5-3-6-22-45)63-41-59-60-42-64(52-28-10-12-30-54(52)68(60)73-67(59)53-29-11-9-27-51(53)63)72(48-26-14-20-44(2)40-48)62-38-18-36-58-56-34-16-32-50(66(56)75-70(58)62)46-23-7-4-8-24-46/h3-42,55-56,59-60,65-68H,1-2H3. The largest absolute Gasteiger partial charge is 0.482 e. The molecule has 8 aromatic rings. The van der Waals surface area contributed by atoms with E-state index in [-0.39, 0.29) is 48.1 Å². The third-order valence-electron chi connectivity index (χ3n) is 16.6. The highest BCUT2D eigenvalue weighted by molar-refractivity contribution is 5.96. The Labute approximate surface area is 439 Å². The van der Waals surface area contributed by atoms with Crippen molar-refractivity contribution in [2.45, 2.75) is 50.1 Å². The second kappa shape index (κ2) is 17.5. The predicted molar refractivity (Wildman–Crippen MR) is 303 cm³/mol. The fourth-order valence-electron chi connectivity index (χ4n) is 13.3. The van der Waals surface area contributed by atoms with Gasteiger partial charge in [-0.2, -0.15) is 0 Å². The van der Waals surface area contributed by atoms with Crippen LogP contribution in [0.2, 0.25) is 0 Å². The fourth-order valence-corrected chi connectivity index (χ4v) is 13.3. The maximum atomic E-state index is 7.52. The number of fused-ring (bicyclic) bond motifs is 13. The number of benzene rings is 8. The normalized spacial score (nSPS) is 23.7. The highest BCUT2D eigenvalue weighted by atomic mass is 16.5. The number of para-hydroxylation sites is 2. The van der Waals surface area contributed by atoms with E-state index in [1.807, 2.05) is 0 Å². The van der Waals surface area contributed by atoms with Crippen LogP contribution in [0.15, 0.2) is 243 Å². The molecule has 0 saturated carbocycles. The molecule has 0 bridgehead atoms. The van der Waals surface area contributed by atoms with Gasteiger partial charge in [-0.25, -0.2) is 0 Å². The summed E-state index contributed by atoms with van der Waals surface area (Å²) in [7, 11) is 0. The number of hydrogen-bond donors (Lipinski definition) is 0. The molecule has 75 heavy (non-hydrogen) atoms. The first kappa shape index (κ1) is 43.9. The molecule has 1 fully saturated rings. The van der Waals surface area contributed by atoms with Crippen LogP contribution in [-0.2, 0) is 4.74 Å². The quantitative estimate of drug-likeness (QED) is 0.152. The van der Waals surface area contributed by atoms with Gasteiger partial charge in [-0.3, -0.25) is 0 Å². The van der Waals surface area contributed by atoms with Gasteiger partial charge in [0.1, 0.15) is 23.7 Å². The van der Waals surface area contributed by atoms with Crippen LogP contribution in [0, 0.1) is 25.7 Å². The second-order valence-electron chi connectivity index (χ2n) is 21.0. The van der Waals surface area contributed by atoms with E-state index in [0.717, 1.165) is 56.8 Å². The van der Waals surface area contributed by atoms with E-state index in [4.69, 9.17) is 14.2 Å². The Bertz CT molecular complexity index is 3560. The summed E-state index contributed by atoms with van der Waals surface area (Å²) >= 11 is 0. The number of anilines is 4. The van der Waals surface area contributed by atoms with Crippen molar-refractivity contribution >= 4 is 45.3 Å². The number of ether oxygens (including phenoxy) is 3. The Morgan fingerprint density at radius 3 is 1.25 bits per heavy atom. The van der Waals surface area contributed by atoms with Gasteiger partial charge in [-0.15, -0.1) is 0 Å². The van der Waals surface area contributed by atoms with Crippen LogP contribution in [0.25, 0.3) is 22.5 Å². The average molecular weight is 971 g/mol. The van der Waals surface area contributed by atoms with Gasteiger partial charge in [0.05, 0.1) is 35.0 Å². The summed E-state index contributed by atoms with van der Waals surface area (Å²) in [6, 6.07) is 70.5. The molecule has 0 amide bonds. The van der Waals surface area contributed by atoms with Crippen LogP contribution >= 0.6 is 0 Å². The van der Waals surface area contributed by atoms with E-state index < -0.39 is 0 Å². The molecule has 0 N–H and O–H groups in total. The Hall–Kier alpha value is -8.64. The molecule has 0 spiro atoms. The van der Waals surface area contributed by atoms with E-state index in [1.165, 1.54) is 55.7 Å². The van der Waals surface area contributed by atoms with Crippen LogP contribution in [0.4, 0.5) is 22.7 Å². The molecule has 5 nitrogen and oxygen atoms in total. The zero-order chi connectivity index (χ0) is 49.7. The molecule has 8 aromatic carbocycles. The summed E-state index contributed by atoms with van der Waals surface area (Å²) in [5, 5.41) is 0. The molecule has 3 heterocycles. The predicted octanol–water partition coefficient (Wildman–Crippen LogP) is 16.7. The Morgan fingerprint density at radius 1 is 0.387 bits per heavy atom. The monoisotopic (exact) mass is 970 g/mol. The molecule has 362 valence electrons. The average Bonchev–Trinajstić information content (AvgIpc) is 4.20. The lowest BCUT2D eigenvalue weighted by molar-refractivity contribution is 0.0314. The Morgan fingerprint density at radius 2 is 0.800 bits per heavy atom. The molecular formula is C70H54N2O3. The van der Waals surface area contributed by atoms with E-state index in [2.05, 4.69) is 266 Å². The van der Waals surface area contributed by atoms with Gasteiger partial charge in [0.25, 0.3) is 0 Å². The van der Waals surface area contributed by atoms with Gasteiger partial charge in [0, 0.05) is 68.4 Å². The zero-order valence-electron chi connectivity index (χ0n) is 41.8. The molecule has 1 saturated heterocycles. The topological polar surface area (TPSA) is 34.2 Å². The van der Waals surface area contributed by atoms with Gasteiger partial charge in [0.2, 0.25) is 0 Å². The minimum atomic E-state index is -0.179. The minimum absolute atomic E-state index is 0.0185. The van der Waals surface area contributed by atoms with Crippen molar-refractivity contribution in [1.29, 1.82) is 0 Å². The molecular weight excluding hydrogens is 917 g/mol. The zero-order valence-corrected chi connectivity index (χ0v) is 41.8. The maximum absolute atomic E-state index is 7.52. The van der Waals surface area contributed by atoms with Crippen molar-refractivity contribution in [3.05, 3.63) is 298 Å². The second-order valence-corrected chi connectivity index (χ2v) is 21.0. The lowest BCUT2D eigenvalue weighted by Crippen LogP contribution is -2.27. The molecule has 5 heteroatoms. The summed E-state index contributed by atoms with van der Waals surface area (Å²) in [6.07, 6.45) is 17.9. The number of aryl methyl sites for hydroxylation is 2. The molecule has 0 aromatic heterocycles. The van der Waals surface area contributed by atoms with Gasteiger partial charge < -0.3 is 24.0 Å².